The maximum atomic E-state index is 13.2. The van der Waals surface area contributed by atoms with Crippen molar-refractivity contribution in [1.82, 2.24) is 9.55 Å². The van der Waals surface area contributed by atoms with Crippen LogP contribution in [0, 0.1) is 0 Å². The van der Waals surface area contributed by atoms with Gasteiger partial charge in [0.25, 0.3) is 5.56 Å². The highest BCUT2D eigenvalue weighted by atomic mass is 32.1. The molecule has 0 amide bonds. The summed E-state index contributed by atoms with van der Waals surface area (Å²) in [5.74, 6) is -0.218. The number of rotatable bonds is 5. The molecular weight excluding hydrogens is 372 g/mol. The Bertz CT molecular complexity index is 1150. The van der Waals surface area contributed by atoms with Gasteiger partial charge in [0.1, 0.15) is 16.4 Å². The van der Waals surface area contributed by atoms with E-state index < -0.39 is 5.97 Å². The lowest BCUT2D eigenvalue weighted by Crippen LogP contribution is -2.25. The molecule has 0 radical (unpaired) electrons. The van der Waals surface area contributed by atoms with Crippen molar-refractivity contribution in [2.45, 2.75) is 19.9 Å². The first-order chi connectivity index (χ1) is 12.6. The van der Waals surface area contributed by atoms with Gasteiger partial charge in [-0.3, -0.25) is 9.36 Å². The van der Waals surface area contributed by atoms with E-state index in [1.807, 2.05) is 29.8 Å². The van der Waals surface area contributed by atoms with Gasteiger partial charge in [-0.2, -0.15) is 0 Å². The summed E-state index contributed by atoms with van der Waals surface area (Å²) in [4.78, 5) is 30.6. The van der Waals surface area contributed by atoms with Crippen LogP contribution in [-0.4, -0.2) is 20.6 Å². The molecule has 4 aromatic heterocycles. The lowest BCUT2D eigenvalue weighted by atomic mass is 10.2. The fraction of sp³-hybridized carbons (Fsp3) is 0.167. The predicted molar refractivity (Wildman–Crippen MR) is 101 cm³/mol. The van der Waals surface area contributed by atoms with E-state index in [2.05, 4.69) is 4.98 Å². The number of aromatic carboxylic acids is 1. The Morgan fingerprint density at radius 3 is 2.81 bits per heavy atom. The summed E-state index contributed by atoms with van der Waals surface area (Å²) in [5.41, 5.74) is 0.754. The standard InChI is InChI=1S/C18H14N2O4S2/c1-2-14-19-16-15(11(9-26-16)13-4-3-7-25-13)17(21)20(14)8-10-5-6-12(24-10)18(22)23/h3-7,9H,2,8H2,1H3,(H,22,23). The summed E-state index contributed by atoms with van der Waals surface area (Å²) in [6.45, 7) is 2.08. The van der Waals surface area contributed by atoms with Crippen molar-refractivity contribution in [3.8, 4) is 10.4 Å². The van der Waals surface area contributed by atoms with Crippen LogP contribution in [0.4, 0.5) is 0 Å². The minimum Gasteiger partial charge on any atom is -0.475 e. The molecule has 0 aliphatic rings. The van der Waals surface area contributed by atoms with Gasteiger partial charge in [0, 0.05) is 22.2 Å². The molecule has 0 saturated carbocycles. The van der Waals surface area contributed by atoms with Crippen molar-refractivity contribution in [2.24, 2.45) is 0 Å². The SMILES string of the molecule is CCc1nc2scc(-c3cccs3)c2c(=O)n1Cc1ccc(C(=O)O)o1. The third-order valence-electron chi connectivity index (χ3n) is 4.06. The molecule has 6 nitrogen and oxygen atoms in total. The molecule has 132 valence electrons. The maximum absolute atomic E-state index is 13.2. The second-order valence-corrected chi connectivity index (χ2v) is 7.46. The molecule has 0 unspecified atom stereocenters. The van der Waals surface area contributed by atoms with Crippen molar-refractivity contribution < 1.29 is 14.3 Å². The number of furan rings is 1. The van der Waals surface area contributed by atoms with Gasteiger partial charge in [-0.1, -0.05) is 13.0 Å². The monoisotopic (exact) mass is 386 g/mol. The highest BCUT2D eigenvalue weighted by molar-refractivity contribution is 7.18. The molecule has 0 bridgehead atoms. The van der Waals surface area contributed by atoms with Crippen LogP contribution < -0.4 is 5.56 Å². The van der Waals surface area contributed by atoms with Crippen molar-refractivity contribution >= 4 is 38.9 Å². The quantitative estimate of drug-likeness (QED) is 0.558. The van der Waals surface area contributed by atoms with Gasteiger partial charge in [-0.15, -0.1) is 22.7 Å². The number of thiophene rings is 2. The van der Waals surface area contributed by atoms with Crippen LogP contribution in [0.5, 0.6) is 0 Å². The number of hydrogen-bond acceptors (Lipinski definition) is 6. The summed E-state index contributed by atoms with van der Waals surface area (Å²) in [5, 5.41) is 13.5. The first kappa shape index (κ1) is 16.7. The predicted octanol–water partition coefficient (Wildman–Crippen LogP) is 4.09. The number of hydrogen-bond donors (Lipinski definition) is 1. The lowest BCUT2D eigenvalue weighted by Gasteiger charge is -2.10. The molecule has 0 aromatic carbocycles. The minimum atomic E-state index is -1.13. The normalized spacial score (nSPS) is 11.3. The van der Waals surface area contributed by atoms with Crippen LogP contribution >= 0.6 is 22.7 Å². The number of fused-ring (bicyclic) bond motifs is 1. The van der Waals surface area contributed by atoms with Crippen LogP contribution in [-0.2, 0) is 13.0 Å². The van der Waals surface area contributed by atoms with E-state index in [1.54, 1.807) is 22.0 Å². The molecule has 0 saturated heterocycles. The van der Waals surface area contributed by atoms with E-state index in [4.69, 9.17) is 9.52 Å². The Balaban J connectivity index is 1.87. The third kappa shape index (κ3) is 2.77. The van der Waals surface area contributed by atoms with E-state index in [1.165, 1.54) is 17.4 Å². The molecule has 4 rings (SSSR count). The fourth-order valence-electron chi connectivity index (χ4n) is 2.85. The number of carbonyl (C=O) groups is 1. The Morgan fingerprint density at radius 1 is 1.31 bits per heavy atom. The van der Waals surface area contributed by atoms with Crippen LogP contribution in [0.3, 0.4) is 0 Å². The topological polar surface area (TPSA) is 85.3 Å². The molecular formula is C18H14N2O4S2. The molecule has 4 aromatic rings. The number of carboxylic acid groups (broad SMARTS) is 1. The zero-order valence-electron chi connectivity index (χ0n) is 13.8. The van der Waals surface area contributed by atoms with Crippen molar-refractivity contribution in [2.75, 3.05) is 0 Å². The van der Waals surface area contributed by atoms with Gasteiger partial charge in [0.15, 0.2) is 0 Å². The highest BCUT2D eigenvalue weighted by Crippen LogP contribution is 2.33. The summed E-state index contributed by atoms with van der Waals surface area (Å²) in [6, 6.07) is 6.90. The fourth-order valence-corrected chi connectivity index (χ4v) is 4.62. The third-order valence-corrected chi connectivity index (χ3v) is 5.84. The van der Waals surface area contributed by atoms with E-state index in [-0.39, 0.29) is 17.9 Å². The van der Waals surface area contributed by atoms with Gasteiger partial charge in [-0.05, 0) is 23.6 Å². The van der Waals surface area contributed by atoms with Crippen molar-refractivity contribution in [3.63, 3.8) is 0 Å². The Kier molecular flexibility index (Phi) is 4.21. The van der Waals surface area contributed by atoms with Crippen molar-refractivity contribution in [1.29, 1.82) is 0 Å². The van der Waals surface area contributed by atoms with E-state index in [0.717, 1.165) is 15.3 Å². The highest BCUT2D eigenvalue weighted by Gasteiger charge is 2.18. The molecule has 26 heavy (non-hydrogen) atoms. The minimum absolute atomic E-state index is 0.134. The number of carboxylic acids is 1. The van der Waals surface area contributed by atoms with Crippen LogP contribution in [0.2, 0.25) is 0 Å². The zero-order valence-corrected chi connectivity index (χ0v) is 15.4. The van der Waals surface area contributed by atoms with Gasteiger partial charge >= 0.3 is 5.97 Å². The summed E-state index contributed by atoms with van der Waals surface area (Å²) < 4.78 is 6.88. The lowest BCUT2D eigenvalue weighted by molar-refractivity contribution is 0.0660. The van der Waals surface area contributed by atoms with Crippen LogP contribution in [0.1, 0.15) is 29.1 Å². The molecule has 0 fully saturated rings. The summed E-state index contributed by atoms with van der Waals surface area (Å²) in [6.07, 6.45) is 0.587. The zero-order chi connectivity index (χ0) is 18.3. The average molecular weight is 386 g/mol. The number of nitrogens with zero attached hydrogens (tertiary/aromatic N) is 2. The largest absolute Gasteiger partial charge is 0.475 e. The number of aromatic nitrogens is 2. The average Bonchev–Trinajstić information content (AvgIpc) is 3.36. The first-order valence-electron chi connectivity index (χ1n) is 7.95. The second-order valence-electron chi connectivity index (χ2n) is 5.65. The Hall–Kier alpha value is -2.71. The first-order valence-corrected chi connectivity index (χ1v) is 9.71. The van der Waals surface area contributed by atoms with Crippen LogP contribution in [0.15, 0.2) is 44.2 Å². The molecule has 0 atom stereocenters. The molecule has 1 N–H and O–H groups in total. The Morgan fingerprint density at radius 2 is 2.15 bits per heavy atom. The summed E-state index contributed by atoms with van der Waals surface area (Å²) in [7, 11) is 0. The van der Waals surface area contributed by atoms with Gasteiger partial charge < -0.3 is 9.52 Å². The van der Waals surface area contributed by atoms with E-state index >= 15 is 0 Å². The summed E-state index contributed by atoms with van der Waals surface area (Å²) >= 11 is 3.04. The molecule has 4 heterocycles. The molecule has 0 aliphatic carbocycles. The molecule has 0 spiro atoms. The molecule has 8 heteroatoms. The van der Waals surface area contributed by atoms with E-state index in [0.29, 0.717) is 23.4 Å². The van der Waals surface area contributed by atoms with E-state index in [9.17, 15) is 9.59 Å². The maximum Gasteiger partial charge on any atom is 0.371 e. The van der Waals surface area contributed by atoms with Crippen molar-refractivity contribution in [3.05, 3.63) is 62.7 Å². The van der Waals surface area contributed by atoms with Crippen LogP contribution in [0.25, 0.3) is 20.7 Å². The smallest absolute Gasteiger partial charge is 0.371 e. The Labute approximate surface area is 156 Å². The second kappa shape index (κ2) is 6.54. The molecule has 0 aliphatic heterocycles. The van der Waals surface area contributed by atoms with Gasteiger partial charge in [-0.25, -0.2) is 9.78 Å². The van der Waals surface area contributed by atoms with Gasteiger partial charge in [0.2, 0.25) is 5.76 Å². The number of aryl methyl sites for hydroxylation is 1. The van der Waals surface area contributed by atoms with Gasteiger partial charge in [0.05, 0.1) is 11.9 Å².